The van der Waals surface area contributed by atoms with Crippen molar-refractivity contribution in [1.82, 2.24) is 0 Å². The summed E-state index contributed by atoms with van der Waals surface area (Å²) in [7, 11) is 0. The maximum Gasteiger partial charge on any atom is 0.269 e. The number of aliphatic hydroxyl groups excluding tert-OH is 1. The lowest BCUT2D eigenvalue weighted by Crippen LogP contribution is -2.38. The minimum absolute atomic E-state index is 0.0347. The van der Waals surface area contributed by atoms with E-state index in [1.54, 1.807) is 6.07 Å². The minimum Gasteiger partial charge on any atom is -0.392 e. The third-order valence-corrected chi connectivity index (χ3v) is 3.56. The summed E-state index contributed by atoms with van der Waals surface area (Å²) in [5, 5.41) is 20.1. The highest BCUT2D eigenvalue weighted by Gasteiger charge is 2.22. The number of nitrogens with zero attached hydrogens (tertiary/aromatic N) is 2. The van der Waals surface area contributed by atoms with Gasteiger partial charge in [-0.25, -0.2) is 0 Å². The Bertz CT molecular complexity index is 448. The van der Waals surface area contributed by atoms with Crippen molar-refractivity contribution in [1.29, 1.82) is 0 Å². The zero-order chi connectivity index (χ0) is 13.1. The van der Waals surface area contributed by atoms with Gasteiger partial charge in [0.25, 0.3) is 5.69 Å². The molecule has 1 aliphatic heterocycles. The molecule has 98 valence electrons. The largest absolute Gasteiger partial charge is 0.392 e. The molecule has 1 aromatic rings. The Kier molecular flexibility index (Phi) is 3.81. The predicted octanol–water partition coefficient (Wildman–Crippen LogP) is 2.47. The standard InChI is InChI=1S/C13H18N2O3/c1-10-4-2-3-7-14(10)13-6-5-12(15(17)18)8-11(13)9-16/h5-6,8,10,16H,2-4,7,9H2,1H3. The molecule has 2 rings (SSSR count). The van der Waals surface area contributed by atoms with Crippen LogP contribution >= 0.6 is 0 Å². The van der Waals surface area contributed by atoms with Crippen molar-refractivity contribution in [2.45, 2.75) is 38.8 Å². The van der Waals surface area contributed by atoms with Gasteiger partial charge in [0.05, 0.1) is 11.5 Å². The van der Waals surface area contributed by atoms with Crippen LogP contribution in [-0.4, -0.2) is 22.6 Å². The van der Waals surface area contributed by atoms with Crippen LogP contribution in [0, 0.1) is 10.1 Å². The van der Waals surface area contributed by atoms with Crippen molar-refractivity contribution in [2.24, 2.45) is 0 Å². The molecule has 1 saturated heterocycles. The van der Waals surface area contributed by atoms with Crippen molar-refractivity contribution >= 4 is 11.4 Å². The Morgan fingerprint density at radius 2 is 2.28 bits per heavy atom. The first kappa shape index (κ1) is 12.8. The number of hydrogen-bond acceptors (Lipinski definition) is 4. The number of nitro benzene ring substituents is 1. The van der Waals surface area contributed by atoms with E-state index < -0.39 is 4.92 Å². The third kappa shape index (κ3) is 2.46. The summed E-state index contributed by atoms with van der Waals surface area (Å²) in [4.78, 5) is 12.5. The fraction of sp³-hybridized carbons (Fsp3) is 0.538. The van der Waals surface area contributed by atoms with Gasteiger partial charge in [-0.3, -0.25) is 10.1 Å². The van der Waals surface area contributed by atoms with Crippen molar-refractivity contribution in [2.75, 3.05) is 11.4 Å². The van der Waals surface area contributed by atoms with E-state index >= 15 is 0 Å². The molecule has 5 nitrogen and oxygen atoms in total. The van der Waals surface area contributed by atoms with Crippen LogP contribution in [0.5, 0.6) is 0 Å². The van der Waals surface area contributed by atoms with Crippen LogP contribution in [-0.2, 0) is 6.61 Å². The average Bonchev–Trinajstić information content (AvgIpc) is 2.38. The number of aliphatic hydroxyl groups is 1. The minimum atomic E-state index is -0.428. The summed E-state index contributed by atoms with van der Waals surface area (Å²) in [5.41, 5.74) is 1.60. The lowest BCUT2D eigenvalue weighted by Gasteiger charge is -2.36. The summed E-state index contributed by atoms with van der Waals surface area (Å²) >= 11 is 0. The number of piperidine rings is 1. The molecule has 1 unspecified atom stereocenters. The maximum atomic E-state index is 10.7. The molecule has 5 heteroatoms. The lowest BCUT2D eigenvalue weighted by molar-refractivity contribution is -0.384. The van der Waals surface area contributed by atoms with E-state index in [4.69, 9.17) is 0 Å². The van der Waals surface area contributed by atoms with Crippen LogP contribution in [0.15, 0.2) is 18.2 Å². The van der Waals surface area contributed by atoms with E-state index in [2.05, 4.69) is 11.8 Å². The highest BCUT2D eigenvalue weighted by atomic mass is 16.6. The second-order valence-corrected chi connectivity index (χ2v) is 4.77. The van der Waals surface area contributed by atoms with Gasteiger partial charge in [-0.2, -0.15) is 0 Å². The molecular weight excluding hydrogens is 232 g/mol. The second kappa shape index (κ2) is 5.35. The van der Waals surface area contributed by atoms with E-state index in [1.807, 2.05) is 0 Å². The lowest BCUT2D eigenvalue weighted by atomic mass is 10.0. The molecule has 0 saturated carbocycles. The van der Waals surface area contributed by atoms with Gasteiger partial charge in [0.15, 0.2) is 0 Å². The van der Waals surface area contributed by atoms with Crippen molar-refractivity contribution in [3.05, 3.63) is 33.9 Å². The van der Waals surface area contributed by atoms with Gasteiger partial charge >= 0.3 is 0 Å². The van der Waals surface area contributed by atoms with Gasteiger partial charge in [0.2, 0.25) is 0 Å². The summed E-state index contributed by atoms with van der Waals surface area (Å²) in [6, 6.07) is 5.16. The first-order valence-corrected chi connectivity index (χ1v) is 6.28. The van der Waals surface area contributed by atoms with Gasteiger partial charge in [0.1, 0.15) is 0 Å². The van der Waals surface area contributed by atoms with Gasteiger partial charge < -0.3 is 10.0 Å². The first-order valence-electron chi connectivity index (χ1n) is 6.28. The van der Waals surface area contributed by atoms with E-state index in [1.165, 1.54) is 18.6 Å². The molecule has 1 N–H and O–H groups in total. The van der Waals surface area contributed by atoms with Gasteiger partial charge in [0, 0.05) is 36.0 Å². The molecule has 1 heterocycles. The van der Waals surface area contributed by atoms with Gasteiger partial charge in [-0.05, 0) is 32.3 Å². The molecule has 1 fully saturated rings. The molecule has 1 aromatic carbocycles. The quantitative estimate of drug-likeness (QED) is 0.661. The van der Waals surface area contributed by atoms with Crippen LogP contribution in [0.1, 0.15) is 31.7 Å². The fourth-order valence-electron chi connectivity index (χ4n) is 2.55. The molecule has 0 amide bonds. The fourth-order valence-corrected chi connectivity index (χ4v) is 2.55. The highest BCUT2D eigenvalue weighted by molar-refractivity contribution is 5.58. The molecule has 1 aliphatic rings. The Hall–Kier alpha value is -1.62. The number of rotatable bonds is 3. The number of non-ortho nitro benzene ring substituents is 1. The Morgan fingerprint density at radius 3 is 2.89 bits per heavy atom. The van der Waals surface area contributed by atoms with Crippen LogP contribution in [0.2, 0.25) is 0 Å². The number of benzene rings is 1. The summed E-state index contributed by atoms with van der Waals surface area (Å²) in [5.74, 6) is 0. The molecule has 0 spiro atoms. The second-order valence-electron chi connectivity index (χ2n) is 4.77. The number of anilines is 1. The normalized spacial score (nSPS) is 19.9. The zero-order valence-electron chi connectivity index (χ0n) is 10.5. The molecule has 1 atom stereocenters. The number of hydrogen-bond donors (Lipinski definition) is 1. The summed E-state index contributed by atoms with van der Waals surface area (Å²) in [6.07, 6.45) is 3.48. The summed E-state index contributed by atoms with van der Waals surface area (Å²) in [6.45, 7) is 2.94. The Labute approximate surface area is 106 Å². The van der Waals surface area contributed by atoms with Crippen LogP contribution < -0.4 is 4.90 Å². The summed E-state index contributed by atoms with van der Waals surface area (Å²) < 4.78 is 0. The van der Waals surface area contributed by atoms with Crippen molar-refractivity contribution in [3.8, 4) is 0 Å². The molecule has 0 aliphatic carbocycles. The molecular formula is C13H18N2O3. The van der Waals surface area contributed by atoms with E-state index in [0.29, 0.717) is 11.6 Å². The van der Waals surface area contributed by atoms with E-state index in [0.717, 1.165) is 25.1 Å². The maximum absolute atomic E-state index is 10.7. The monoisotopic (exact) mass is 250 g/mol. The van der Waals surface area contributed by atoms with Gasteiger partial charge in [-0.15, -0.1) is 0 Å². The first-order chi connectivity index (χ1) is 8.63. The van der Waals surface area contributed by atoms with Crippen molar-refractivity contribution < 1.29 is 10.0 Å². The third-order valence-electron chi connectivity index (χ3n) is 3.56. The molecule has 0 bridgehead atoms. The smallest absolute Gasteiger partial charge is 0.269 e. The Balaban J connectivity index is 2.34. The molecule has 0 radical (unpaired) electrons. The van der Waals surface area contributed by atoms with E-state index in [9.17, 15) is 15.2 Å². The van der Waals surface area contributed by atoms with E-state index in [-0.39, 0.29) is 12.3 Å². The van der Waals surface area contributed by atoms with Gasteiger partial charge in [-0.1, -0.05) is 0 Å². The average molecular weight is 250 g/mol. The zero-order valence-corrected chi connectivity index (χ0v) is 10.5. The highest BCUT2D eigenvalue weighted by Crippen LogP contribution is 2.30. The molecule has 0 aromatic heterocycles. The van der Waals surface area contributed by atoms with Crippen LogP contribution in [0.4, 0.5) is 11.4 Å². The molecule has 18 heavy (non-hydrogen) atoms. The van der Waals surface area contributed by atoms with Crippen molar-refractivity contribution in [3.63, 3.8) is 0 Å². The number of nitro groups is 1. The van der Waals surface area contributed by atoms with Crippen LogP contribution in [0.3, 0.4) is 0 Å². The predicted molar refractivity (Wildman–Crippen MR) is 69.7 cm³/mol. The topological polar surface area (TPSA) is 66.6 Å². The SMILES string of the molecule is CC1CCCCN1c1ccc([N+](=O)[O-])cc1CO. The Morgan fingerprint density at radius 1 is 1.50 bits per heavy atom. The van der Waals surface area contributed by atoms with Crippen LogP contribution in [0.25, 0.3) is 0 Å².